The van der Waals surface area contributed by atoms with E-state index in [0.29, 0.717) is 12.1 Å². The molecule has 0 fully saturated rings. The molecule has 0 aliphatic carbocycles. The molecule has 138 valence electrons. The SMILES string of the molecule is N[C@@H](Cc1ccccc1)C(=O)NCC(=O)N[C@@H](Cc1c[nH]cn1)C(=O)O. The second kappa shape index (κ2) is 9.33. The Hall–Kier alpha value is -3.20. The Labute approximate surface area is 150 Å². The van der Waals surface area contributed by atoms with Crippen molar-refractivity contribution < 1.29 is 19.5 Å². The number of rotatable bonds is 9. The number of hydrogen-bond acceptors (Lipinski definition) is 5. The lowest BCUT2D eigenvalue weighted by Crippen LogP contribution is -2.49. The highest BCUT2D eigenvalue weighted by molar-refractivity contribution is 5.89. The van der Waals surface area contributed by atoms with Gasteiger partial charge in [0, 0.05) is 12.6 Å². The van der Waals surface area contributed by atoms with E-state index >= 15 is 0 Å². The molecular weight excluding hydrogens is 338 g/mol. The maximum atomic E-state index is 12.0. The maximum Gasteiger partial charge on any atom is 0.326 e. The van der Waals surface area contributed by atoms with E-state index in [1.165, 1.54) is 6.33 Å². The van der Waals surface area contributed by atoms with Crippen LogP contribution in [-0.4, -0.2) is 51.5 Å². The Morgan fingerprint density at radius 2 is 1.92 bits per heavy atom. The highest BCUT2D eigenvalue weighted by Gasteiger charge is 2.22. The van der Waals surface area contributed by atoms with Crippen molar-refractivity contribution >= 4 is 17.8 Å². The van der Waals surface area contributed by atoms with Gasteiger partial charge in [-0.3, -0.25) is 9.59 Å². The van der Waals surface area contributed by atoms with Crippen LogP contribution in [0.2, 0.25) is 0 Å². The molecular formula is C17H21N5O4. The summed E-state index contributed by atoms with van der Waals surface area (Å²) in [4.78, 5) is 41.8. The molecule has 1 aromatic carbocycles. The number of benzene rings is 1. The summed E-state index contributed by atoms with van der Waals surface area (Å²) in [6.07, 6.45) is 3.34. The Morgan fingerprint density at radius 1 is 1.19 bits per heavy atom. The fourth-order valence-corrected chi connectivity index (χ4v) is 2.32. The van der Waals surface area contributed by atoms with E-state index in [0.717, 1.165) is 5.56 Å². The van der Waals surface area contributed by atoms with Crippen LogP contribution in [0.3, 0.4) is 0 Å². The fourth-order valence-electron chi connectivity index (χ4n) is 2.32. The zero-order chi connectivity index (χ0) is 18.9. The van der Waals surface area contributed by atoms with E-state index in [2.05, 4.69) is 20.6 Å². The number of nitrogens with zero attached hydrogens (tertiary/aromatic N) is 1. The molecule has 9 heteroatoms. The fraction of sp³-hybridized carbons (Fsp3) is 0.294. The summed E-state index contributed by atoms with van der Waals surface area (Å²) >= 11 is 0. The summed E-state index contributed by atoms with van der Waals surface area (Å²) in [5.74, 6) is -2.29. The lowest BCUT2D eigenvalue weighted by atomic mass is 10.1. The minimum atomic E-state index is -1.19. The Morgan fingerprint density at radius 3 is 2.54 bits per heavy atom. The topological polar surface area (TPSA) is 150 Å². The number of carboxylic acids is 1. The summed E-state index contributed by atoms with van der Waals surface area (Å²) in [6.45, 7) is -0.355. The first-order valence-electron chi connectivity index (χ1n) is 8.02. The number of carbonyl (C=O) groups is 3. The third-order valence-electron chi connectivity index (χ3n) is 3.66. The predicted octanol–water partition coefficient (Wildman–Crippen LogP) is -0.792. The average molecular weight is 359 g/mol. The monoisotopic (exact) mass is 359 g/mol. The number of nitrogens with two attached hydrogens (primary N) is 1. The molecule has 0 saturated carbocycles. The maximum absolute atomic E-state index is 12.0. The van der Waals surface area contributed by atoms with E-state index in [4.69, 9.17) is 5.73 Å². The zero-order valence-electron chi connectivity index (χ0n) is 14.0. The number of amides is 2. The van der Waals surface area contributed by atoms with Crippen LogP contribution in [0, 0.1) is 0 Å². The molecule has 9 nitrogen and oxygen atoms in total. The van der Waals surface area contributed by atoms with E-state index in [9.17, 15) is 19.5 Å². The van der Waals surface area contributed by atoms with Gasteiger partial charge in [0.1, 0.15) is 6.04 Å². The molecule has 2 atom stereocenters. The number of nitrogens with one attached hydrogen (secondary N) is 3. The summed E-state index contributed by atoms with van der Waals surface area (Å²) in [5, 5.41) is 14.0. The number of imidazole rings is 1. The van der Waals surface area contributed by atoms with Crippen molar-refractivity contribution in [2.75, 3.05) is 6.54 Å². The van der Waals surface area contributed by atoms with E-state index in [1.807, 2.05) is 30.3 Å². The molecule has 2 rings (SSSR count). The summed E-state index contributed by atoms with van der Waals surface area (Å²) in [5.41, 5.74) is 7.24. The third-order valence-corrected chi connectivity index (χ3v) is 3.66. The third kappa shape index (κ3) is 6.02. The standard InChI is InChI=1S/C17H21N5O4/c18-13(6-11-4-2-1-3-5-11)16(24)20-9-15(23)22-14(17(25)26)7-12-8-19-10-21-12/h1-5,8,10,13-14H,6-7,9,18H2,(H,19,21)(H,20,24)(H,22,23)(H,25,26)/t13-,14-/m0/s1. The lowest BCUT2D eigenvalue weighted by Gasteiger charge is -2.15. The van der Waals surface area contributed by atoms with Crippen LogP contribution in [0.1, 0.15) is 11.3 Å². The number of aromatic nitrogens is 2. The first-order valence-corrected chi connectivity index (χ1v) is 8.02. The van der Waals surface area contributed by atoms with Crippen LogP contribution < -0.4 is 16.4 Å². The molecule has 0 radical (unpaired) electrons. The average Bonchev–Trinajstić information content (AvgIpc) is 3.13. The van der Waals surface area contributed by atoms with Crippen LogP contribution in [0.15, 0.2) is 42.9 Å². The Balaban J connectivity index is 1.79. The highest BCUT2D eigenvalue weighted by Crippen LogP contribution is 2.02. The van der Waals surface area contributed by atoms with Gasteiger partial charge >= 0.3 is 5.97 Å². The molecule has 0 bridgehead atoms. The van der Waals surface area contributed by atoms with E-state index < -0.39 is 29.9 Å². The molecule has 0 aliphatic heterocycles. The van der Waals surface area contributed by atoms with Gasteiger partial charge < -0.3 is 26.5 Å². The molecule has 1 heterocycles. The van der Waals surface area contributed by atoms with Gasteiger partial charge in [-0.2, -0.15) is 0 Å². The van der Waals surface area contributed by atoms with Crippen LogP contribution >= 0.6 is 0 Å². The number of H-pyrrole nitrogens is 1. The number of aromatic amines is 1. The summed E-state index contributed by atoms with van der Waals surface area (Å²) < 4.78 is 0. The normalized spacial score (nSPS) is 12.8. The largest absolute Gasteiger partial charge is 0.480 e. The van der Waals surface area contributed by atoms with Crippen LogP contribution in [0.4, 0.5) is 0 Å². The van der Waals surface area contributed by atoms with Crippen molar-refractivity contribution in [3.8, 4) is 0 Å². The van der Waals surface area contributed by atoms with Gasteiger partial charge in [0.2, 0.25) is 11.8 Å². The molecule has 2 aromatic rings. The van der Waals surface area contributed by atoms with Gasteiger partial charge in [0.05, 0.1) is 24.6 Å². The zero-order valence-corrected chi connectivity index (χ0v) is 14.0. The van der Waals surface area contributed by atoms with Gasteiger partial charge in [-0.25, -0.2) is 9.78 Å². The number of aliphatic carboxylic acids is 1. The van der Waals surface area contributed by atoms with Crippen molar-refractivity contribution in [2.24, 2.45) is 5.73 Å². The first kappa shape index (κ1) is 19.1. The van der Waals surface area contributed by atoms with Gasteiger partial charge in [-0.05, 0) is 12.0 Å². The molecule has 2 amide bonds. The Bertz CT molecular complexity index is 733. The van der Waals surface area contributed by atoms with Crippen molar-refractivity contribution in [3.05, 3.63) is 54.1 Å². The molecule has 0 aliphatic rings. The minimum Gasteiger partial charge on any atom is -0.480 e. The van der Waals surface area contributed by atoms with Gasteiger partial charge in [-0.15, -0.1) is 0 Å². The Kier molecular flexibility index (Phi) is 6.86. The van der Waals surface area contributed by atoms with Crippen molar-refractivity contribution in [1.29, 1.82) is 0 Å². The second-order valence-electron chi connectivity index (χ2n) is 5.74. The molecule has 0 unspecified atom stereocenters. The highest BCUT2D eigenvalue weighted by atomic mass is 16.4. The summed E-state index contributed by atoms with van der Waals surface area (Å²) in [6, 6.07) is 7.32. The van der Waals surface area contributed by atoms with Gasteiger partial charge in [0.25, 0.3) is 0 Å². The lowest BCUT2D eigenvalue weighted by molar-refractivity contribution is -0.141. The van der Waals surface area contributed by atoms with Gasteiger partial charge in [-0.1, -0.05) is 30.3 Å². The molecule has 0 spiro atoms. The number of carbonyl (C=O) groups excluding carboxylic acids is 2. The molecule has 0 saturated heterocycles. The van der Waals surface area contributed by atoms with Crippen molar-refractivity contribution in [2.45, 2.75) is 24.9 Å². The van der Waals surface area contributed by atoms with Gasteiger partial charge in [0.15, 0.2) is 0 Å². The molecule has 6 N–H and O–H groups in total. The second-order valence-corrected chi connectivity index (χ2v) is 5.74. The minimum absolute atomic E-state index is 0.0338. The summed E-state index contributed by atoms with van der Waals surface area (Å²) in [7, 11) is 0. The number of hydrogen-bond donors (Lipinski definition) is 5. The first-order chi connectivity index (χ1) is 12.5. The predicted molar refractivity (Wildman–Crippen MR) is 93.0 cm³/mol. The van der Waals surface area contributed by atoms with Crippen LogP contribution in [0.25, 0.3) is 0 Å². The molecule has 26 heavy (non-hydrogen) atoms. The number of carboxylic acid groups (broad SMARTS) is 1. The van der Waals surface area contributed by atoms with Crippen molar-refractivity contribution in [3.63, 3.8) is 0 Å². The molecule has 1 aromatic heterocycles. The van der Waals surface area contributed by atoms with Crippen LogP contribution in [0.5, 0.6) is 0 Å². The van der Waals surface area contributed by atoms with E-state index in [-0.39, 0.29) is 13.0 Å². The quantitative estimate of drug-likeness (QED) is 0.396. The van der Waals surface area contributed by atoms with E-state index in [1.54, 1.807) is 6.20 Å². The van der Waals surface area contributed by atoms with Crippen LogP contribution in [-0.2, 0) is 27.2 Å². The smallest absolute Gasteiger partial charge is 0.326 e. The van der Waals surface area contributed by atoms with Crippen molar-refractivity contribution in [1.82, 2.24) is 20.6 Å².